The van der Waals surface area contributed by atoms with Crippen LogP contribution in [0.1, 0.15) is 33.6 Å². The minimum atomic E-state index is -3.05. The molecule has 0 heterocycles. The van der Waals surface area contributed by atoms with Gasteiger partial charge in [0.2, 0.25) is 10.0 Å². The van der Waals surface area contributed by atoms with Crippen molar-refractivity contribution < 1.29 is 8.42 Å². The first-order valence-corrected chi connectivity index (χ1v) is 10.5. The van der Waals surface area contributed by atoms with Crippen LogP contribution in [0.2, 0.25) is 19.6 Å². The summed E-state index contributed by atoms with van der Waals surface area (Å²) in [5, 5.41) is -0.0940. The number of hydrogen-bond donors (Lipinski definition) is 0. The number of sulfonamides is 1. The maximum Gasteiger partial charge on any atom is 0.211 e. The zero-order valence-corrected chi connectivity index (χ0v) is 12.5. The molecule has 0 spiro atoms. The Morgan fingerprint density at radius 3 is 1.73 bits per heavy atom. The van der Waals surface area contributed by atoms with Gasteiger partial charge in [-0.1, -0.05) is 19.6 Å². The number of rotatable bonds is 3. The largest absolute Gasteiger partial charge is 0.219 e. The monoisotopic (exact) mass is 249 g/mol. The molecule has 0 aromatic rings. The first-order valence-electron chi connectivity index (χ1n) is 5.52. The third kappa shape index (κ3) is 2.82. The fourth-order valence-corrected chi connectivity index (χ4v) is 9.59. The summed E-state index contributed by atoms with van der Waals surface area (Å²) in [5.74, 6) is 0. The Morgan fingerprint density at radius 2 is 1.53 bits per heavy atom. The highest BCUT2D eigenvalue weighted by Crippen LogP contribution is 2.37. The van der Waals surface area contributed by atoms with Crippen LogP contribution >= 0.6 is 0 Å². The average Bonchev–Trinajstić information content (AvgIpc) is 2.53. The van der Waals surface area contributed by atoms with E-state index in [1.807, 2.05) is 24.7 Å². The van der Waals surface area contributed by atoms with E-state index in [4.69, 9.17) is 0 Å². The van der Waals surface area contributed by atoms with Crippen LogP contribution in [0.15, 0.2) is 0 Å². The predicted molar refractivity (Wildman–Crippen MR) is 66.9 cm³/mol. The second kappa shape index (κ2) is 3.57. The van der Waals surface area contributed by atoms with Gasteiger partial charge in [-0.25, -0.2) is 12.4 Å². The van der Waals surface area contributed by atoms with Gasteiger partial charge in [0.05, 0.1) is 5.25 Å². The molecule has 15 heavy (non-hydrogen) atoms. The quantitative estimate of drug-likeness (QED) is 0.720. The molecule has 90 valence electrons. The Kier molecular flexibility index (Phi) is 3.14. The molecule has 0 saturated heterocycles. The molecule has 5 heteroatoms. The van der Waals surface area contributed by atoms with Crippen LogP contribution in [0.25, 0.3) is 0 Å². The summed E-state index contributed by atoms with van der Waals surface area (Å²) in [6.45, 7) is 12.3. The Hall–Kier alpha value is 0.127. The second-order valence-corrected chi connectivity index (χ2v) is 13.5. The number of nitrogens with zero attached hydrogens (tertiary/aromatic N) is 1. The van der Waals surface area contributed by atoms with E-state index in [1.165, 1.54) is 0 Å². The van der Waals surface area contributed by atoms with Crippen molar-refractivity contribution in [3.8, 4) is 0 Å². The lowest BCUT2D eigenvalue weighted by atomic mass is 10.1. The van der Waals surface area contributed by atoms with E-state index < -0.39 is 18.3 Å². The van der Waals surface area contributed by atoms with Crippen molar-refractivity contribution in [1.29, 1.82) is 0 Å². The van der Waals surface area contributed by atoms with Crippen LogP contribution in [0.4, 0.5) is 0 Å². The van der Waals surface area contributed by atoms with E-state index >= 15 is 0 Å². The molecule has 1 aliphatic carbocycles. The minimum Gasteiger partial charge on any atom is -0.219 e. The van der Waals surface area contributed by atoms with Crippen LogP contribution in [-0.4, -0.2) is 31.4 Å². The smallest absolute Gasteiger partial charge is 0.211 e. The summed E-state index contributed by atoms with van der Waals surface area (Å²) in [6, 6.07) is 0. The van der Waals surface area contributed by atoms with Gasteiger partial charge in [-0.05, 0) is 33.6 Å². The molecule has 0 aromatic carbocycles. The normalized spacial score (nSPS) is 19.7. The lowest BCUT2D eigenvalue weighted by Crippen LogP contribution is -2.59. The first kappa shape index (κ1) is 13.2. The standard InChI is InChI=1S/C10H23NO2SSi/c1-10(2,3)11(15(4,5)6)14(12,13)9-7-8-9/h9H,7-8H2,1-6H3. The molecule has 0 radical (unpaired) electrons. The van der Waals surface area contributed by atoms with Crippen molar-refractivity contribution in [1.82, 2.24) is 3.97 Å². The molecule has 0 aromatic heterocycles. The van der Waals surface area contributed by atoms with Gasteiger partial charge >= 0.3 is 0 Å². The number of hydrogen-bond acceptors (Lipinski definition) is 2. The highest BCUT2D eigenvalue weighted by molar-refractivity contribution is 7.91. The summed E-state index contributed by atoms with van der Waals surface area (Å²) in [5.41, 5.74) is -0.286. The zero-order chi connectivity index (χ0) is 12.1. The first-order chi connectivity index (χ1) is 6.47. The fourth-order valence-electron chi connectivity index (χ4n) is 2.28. The molecule has 0 N–H and O–H groups in total. The van der Waals surface area contributed by atoms with Gasteiger partial charge in [0.25, 0.3) is 0 Å². The van der Waals surface area contributed by atoms with E-state index in [2.05, 4.69) is 19.6 Å². The van der Waals surface area contributed by atoms with Crippen molar-refractivity contribution in [2.24, 2.45) is 0 Å². The average molecular weight is 249 g/mol. The maximum absolute atomic E-state index is 12.3. The molecule has 0 bridgehead atoms. The lowest BCUT2D eigenvalue weighted by molar-refractivity contribution is 0.349. The summed E-state index contributed by atoms with van der Waals surface area (Å²) in [4.78, 5) is 0. The molecule has 1 rings (SSSR count). The predicted octanol–water partition coefficient (Wildman–Crippen LogP) is 2.41. The van der Waals surface area contributed by atoms with Gasteiger partial charge in [0, 0.05) is 5.54 Å². The highest BCUT2D eigenvalue weighted by atomic mass is 32.2. The Labute approximate surface area is 95.0 Å². The van der Waals surface area contributed by atoms with Crippen molar-refractivity contribution in [3.63, 3.8) is 0 Å². The Balaban J connectivity index is 3.13. The molecular weight excluding hydrogens is 226 g/mol. The van der Waals surface area contributed by atoms with E-state index in [0.29, 0.717) is 0 Å². The van der Waals surface area contributed by atoms with Gasteiger partial charge in [0.15, 0.2) is 0 Å². The molecular formula is C10H23NO2SSi. The fraction of sp³-hybridized carbons (Fsp3) is 1.00. The van der Waals surface area contributed by atoms with Crippen LogP contribution < -0.4 is 0 Å². The third-order valence-electron chi connectivity index (χ3n) is 2.42. The van der Waals surface area contributed by atoms with Crippen molar-refractivity contribution in [2.45, 2.75) is 64.0 Å². The van der Waals surface area contributed by atoms with Crippen LogP contribution in [0.3, 0.4) is 0 Å². The van der Waals surface area contributed by atoms with Gasteiger partial charge in [0.1, 0.15) is 8.24 Å². The third-order valence-corrected chi connectivity index (χ3v) is 9.09. The zero-order valence-electron chi connectivity index (χ0n) is 10.7. The molecule has 0 unspecified atom stereocenters. The molecule has 3 nitrogen and oxygen atoms in total. The van der Waals surface area contributed by atoms with E-state index in [0.717, 1.165) is 12.8 Å². The molecule has 0 atom stereocenters. The van der Waals surface area contributed by atoms with Crippen LogP contribution in [0, 0.1) is 0 Å². The summed E-state index contributed by atoms with van der Waals surface area (Å²) in [7, 11) is -4.88. The summed E-state index contributed by atoms with van der Waals surface area (Å²) in [6.07, 6.45) is 1.69. The lowest BCUT2D eigenvalue weighted by Gasteiger charge is -2.43. The van der Waals surface area contributed by atoms with Gasteiger partial charge in [-0.2, -0.15) is 0 Å². The minimum absolute atomic E-state index is 0.0940. The van der Waals surface area contributed by atoms with E-state index in [9.17, 15) is 8.42 Å². The van der Waals surface area contributed by atoms with Crippen molar-refractivity contribution >= 4 is 18.3 Å². The molecule has 1 aliphatic rings. The van der Waals surface area contributed by atoms with Crippen LogP contribution in [-0.2, 0) is 10.0 Å². The van der Waals surface area contributed by atoms with Gasteiger partial charge < -0.3 is 0 Å². The topological polar surface area (TPSA) is 37.4 Å². The molecule has 0 aliphatic heterocycles. The van der Waals surface area contributed by atoms with Crippen molar-refractivity contribution in [3.05, 3.63) is 0 Å². The Morgan fingerprint density at radius 1 is 1.13 bits per heavy atom. The maximum atomic E-state index is 12.3. The molecule has 0 amide bonds. The van der Waals surface area contributed by atoms with Crippen molar-refractivity contribution in [2.75, 3.05) is 0 Å². The highest BCUT2D eigenvalue weighted by Gasteiger charge is 2.48. The van der Waals surface area contributed by atoms with E-state index in [1.54, 1.807) is 0 Å². The summed E-state index contributed by atoms with van der Waals surface area (Å²) < 4.78 is 26.5. The second-order valence-electron chi connectivity index (χ2n) is 6.35. The van der Waals surface area contributed by atoms with Crippen LogP contribution in [0.5, 0.6) is 0 Å². The SMILES string of the molecule is CC(C)(C)N([Si](C)(C)C)S(=O)(=O)C1CC1. The van der Waals surface area contributed by atoms with Gasteiger partial charge in [-0.3, -0.25) is 0 Å². The summed E-state index contributed by atoms with van der Waals surface area (Å²) >= 11 is 0. The molecule has 1 fully saturated rings. The van der Waals surface area contributed by atoms with E-state index in [-0.39, 0.29) is 10.8 Å². The Bertz CT molecular complexity index is 319. The van der Waals surface area contributed by atoms with Gasteiger partial charge in [-0.15, -0.1) is 0 Å². The molecule has 1 saturated carbocycles.